The van der Waals surface area contributed by atoms with Crippen molar-refractivity contribution >= 4 is 23.5 Å². The number of carbonyl (C=O) groups is 3. The van der Waals surface area contributed by atoms with E-state index in [1.165, 1.54) is 0 Å². The maximum Gasteiger partial charge on any atom is 0.325 e. The molecule has 4 amide bonds. The first-order valence-electron chi connectivity index (χ1n) is 8.42. The molecule has 1 heterocycles. The van der Waals surface area contributed by atoms with Crippen molar-refractivity contribution in [2.24, 2.45) is 0 Å². The molecule has 0 radical (unpaired) electrons. The zero-order chi connectivity index (χ0) is 18.7. The smallest absolute Gasteiger partial charge is 0.324 e. The third-order valence-corrected chi connectivity index (χ3v) is 4.27. The molecule has 0 atom stereocenters. The Kier molecular flexibility index (Phi) is 4.75. The summed E-state index contributed by atoms with van der Waals surface area (Å²) in [5, 5.41) is 5.38. The highest BCUT2D eigenvalue weighted by molar-refractivity contribution is 6.09. The molecule has 26 heavy (non-hydrogen) atoms. The summed E-state index contributed by atoms with van der Waals surface area (Å²) >= 11 is 0. The third kappa shape index (κ3) is 3.74. The number of carbonyl (C=O) groups excluding carboxylic acids is 3. The fourth-order valence-corrected chi connectivity index (χ4v) is 2.91. The van der Waals surface area contributed by atoms with E-state index in [1.54, 1.807) is 13.8 Å². The second-order valence-corrected chi connectivity index (χ2v) is 6.81. The van der Waals surface area contributed by atoms with Gasteiger partial charge in [-0.05, 0) is 37.5 Å². The largest absolute Gasteiger partial charge is 0.325 e. The Bertz CT molecular complexity index is 846. The molecular weight excluding hydrogens is 330 g/mol. The van der Waals surface area contributed by atoms with Crippen molar-refractivity contribution < 1.29 is 14.4 Å². The molecule has 2 N–H and O–H groups in total. The van der Waals surface area contributed by atoms with Gasteiger partial charge in [-0.15, -0.1) is 0 Å². The first-order chi connectivity index (χ1) is 12.4. The summed E-state index contributed by atoms with van der Waals surface area (Å²) < 4.78 is 0. The molecule has 6 nitrogen and oxygen atoms in total. The number of nitrogens with one attached hydrogen (secondary N) is 2. The van der Waals surface area contributed by atoms with Gasteiger partial charge in [0.15, 0.2) is 0 Å². The molecule has 0 aliphatic carbocycles. The van der Waals surface area contributed by atoms with Gasteiger partial charge in [0.1, 0.15) is 12.1 Å². The number of hydrogen-bond acceptors (Lipinski definition) is 3. The lowest BCUT2D eigenvalue weighted by atomic mass is 10.0. The minimum absolute atomic E-state index is 0.312. The number of anilines is 1. The first kappa shape index (κ1) is 17.7. The normalized spacial score (nSPS) is 15.7. The van der Waals surface area contributed by atoms with Crippen molar-refractivity contribution in [2.75, 3.05) is 11.9 Å². The Balaban J connectivity index is 1.70. The first-order valence-corrected chi connectivity index (χ1v) is 8.42. The summed E-state index contributed by atoms with van der Waals surface area (Å²) in [7, 11) is 0. The number of benzene rings is 2. The molecule has 3 rings (SSSR count). The number of urea groups is 1. The van der Waals surface area contributed by atoms with Gasteiger partial charge in [0.25, 0.3) is 5.91 Å². The van der Waals surface area contributed by atoms with Crippen LogP contribution in [0.4, 0.5) is 10.5 Å². The van der Waals surface area contributed by atoms with Crippen molar-refractivity contribution in [3.05, 3.63) is 65.7 Å². The molecule has 6 heteroatoms. The lowest BCUT2D eigenvalue weighted by molar-refractivity contribution is -0.132. The summed E-state index contributed by atoms with van der Waals surface area (Å²) in [5.74, 6) is -0.818. The van der Waals surface area contributed by atoms with Crippen molar-refractivity contribution in [1.82, 2.24) is 10.2 Å². The van der Waals surface area contributed by atoms with Crippen molar-refractivity contribution in [3.8, 4) is 0 Å². The zero-order valence-electron chi connectivity index (χ0n) is 14.8. The van der Waals surface area contributed by atoms with Gasteiger partial charge in [-0.25, -0.2) is 4.79 Å². The number of nitrogens with zero attached hydrogens (tertiary/aromatic N) is 1. The number of hydrogen-bond donors (Lipinski definition) is 2. The Morgan fingerprint density at radius 2 is 1.69 bits per heavy atom. The monoisotopic (exact) mass is 351 g/mol. The van der Waals surface area contributed by atoms with Crippen LogP contribution in [0.25, 0.3) is 0 Å². The lowest BCUT2D eigenvalue weighted by Crippen LogP contribution is -2.41. The fraction of sp³-hybridized carbons (Fsp3) is 0.250. The highest BCUT2D eigenvalue weighted by Crippen LogP contribution is 2.20. The van der Waals surface area contributed by atoms with Gasteiger partial charge in [-0.3, -0.25) is 14.5 Å². The molecule has 0 unspecified atom stereocenters. The van der Waals surface area contributed by atoms with E-state index < -0.39 is 23.4 Å². The van der Waals surface area contributed by atoms with Gasteiger partial charge >= 0.3 is 6.03 Å². The van der Waals surface area contributed by atoms with E-state index in [2.05, 4.69) is 10.6 Å². The highest BCUT2D eigenvalue weighted by atomic mass is 16.2. The van der Waals surface area contributed by atoms with Crippen LogP contribution in [-0.4, -0.2) is 34.8 Å². The molecule has 1 fully saturated rings. The molecular formula is C20H21N3O3. The Hall–Kier alpha value is -3.15. The second-order valence-electron chi connectivity index (χ2n) is 6.81. The van der Waals surface area contributed by atoms with Gasteiger partial charge in [0.05, 0.1) is 0 Å². The Morgan fingerprint density at radius 3 is 2.35 bits per heavy atom. The van der Waals surface area contributed by atoms with E-state index in [4.69, 9.17) is 0 Å². The van der Waals surface area contributed by atoms with E-state index >= 15 is 0 Å². The van der Waals surface area contributed by atoms with E-state index in [-0.39, 0.29) is 6.54 Å². The average Bonchev–Trinajstić information content (AvgIpc) is 2.79. The standard InChI is InChI=1S/C20H21N3O3/c1-20(2)18(25)23(19(26)22-20)13-17(24)21-16-11-7-6-10-15(16)12-14-8-4-3-5-9-14/h3-11H,12-13H2,1-2H3,(H,21,24)(H,22,26). The quantitative estimate of drug-likeness (QED) is 0.813. The predicted molar refractivity (Wildman–Crippen MR) is 98.6 cm³/mol. The minimum Gasteiger partial charge on any atom is -0.324 e. The molecule has 0 spiro atoms. The van der Waals surface area contributed by atoms with Crippen LogP contribution < -0.4 is 10.6 Å². The number of rotatable bonds is 5. The van der Waals surface area contributed by atoms with Gasteiger partial charge in [0, 0.05) is 5.69 Å². The molecule has 134 valence electrons. The van der Waals surface area contributed by atoms with Crippen LogP contribution >= 0.6 is 0 Å². The van der Waals surface area contributed by atoms with Crippen molar-refractivity contribution in [1.29, 1.82) is 0 Å². The average molecular weight is 351 g/mol. The molecule has 0 bridgehead atoms. The van der Waals surface area contributed by atoms with Gasteiger partial charge in [-0.1, -0.05) is 48.5 Å². The molecule has 1 aliphatic rings. The van der Waals surface area contributed by atoms with Crippen LogP contribution in [0.2, 0.25) is 0 Å². The summed E-state index contributed by atoms with van der Waals surface area (Å²) in [6.45, 7) is 2.91. The summed E-state index contributed by atoms with van der Waals surface area (Å²) in [4.78, 5) is 37.4. The van der Waals surface area contributed by atoms with Crippen LogP contribution in [0, 0.1) is 0 Å². The Labute approximate surface area is 152 Å². The SMILES string of the molecule is CC1(C)NC(=O)N(CC(=O)Nc2ccccc2Cc2ccccc2)C1=O. The Morgan fingerprint density at radius 1 is 1.04 bits per heavy atom. The fourth-order valence-electron chi connectivity index (χ4n) is 2.91. The highest BCUT2D eigenvalue weighted by Gasteiger charge is 2.44. The van der Waals surface area contributed by atoms with E-state index in [0.717, 1.165) is 16.0 Å². The van der Waals surface area contributed by atoms with Crippen molar-refractivity contribution in [3.63, 3.8) is 0 Å². The molecule has 1 aliphatic heterocycles. The predicted octanol–water partition coefficient (Wildman–Crippen LogP) is 2.55. The second kappa shape index (κ2) is 7.00. The maximum atomic E-state index is 12.4. The van der Waals surface area contributed by atoms with E-state index in [9.17, 15) is 14.4 Å². The van der Waals surface area contributed by atoms with E-state index in [1.807, 2.05) is 54.6 Å². The van der Waals surface area contributed by atoms with Gasteiger partial charge in [0.2, 0.25) is 5.91 Å². The summed E-state index contributed by atoms with van der Waals surface area (Å²) in [6, 6.07) is 16.9. The van der Waals surface area contributed by atoms with Crippen LogP contribution in [0.5, 0.6) is 0 Å². The van der Waals surface area contributed by atoms with Crippen LogP contribution in [0.3, 0.4) is 0 Å². The number of amides is 4. The molecule has 2 aromatic rings. The molecule has 0 saturated carbocycles. The third-order valence-electron chi connectivity index (χ3n) is 4.27. The van der Waals surface area contributed by atoms with E-state index in [0.29, 0.717) is 12.1 Å². The minimum atomic E-state index is -0.984. The van der Waals surface area contributed by atoms with Crippen LogP contribution in [0.1, 0.15) is 25.0 Å². The summed E-state index contributed by atoms with van der Waals surface area (Å²) in [6.07, 6.45) is 0.674. The van der Waals surface area contributed by atoms with Crippen LogP contribution in [0.15, 0.2) is 54.6 Å². The molecule has 1 saturated heterocycles. The van der Waals surface area contributed by atoms with Gasteiger partial charge < -0.3 is 10.6 Å². The summed E-state index contributed by atoms with van der Waals surface area (Å²) in [5.41, 5.74) is 1.78. The van der Waals surface area contributed by atoms with Gasteiger partial charge in [-0.2, -0.15) is 0 Å². The lowest BCUT2D eigenvalue weighted by Gasteiger charge is -2.16. The molecule has 2 aromatic carbocycles. The zero-order valence-corrected chi connectivity index (χ0v) is 14.8. The topological polar surface area (TPSA) is 78.5 Å². The van der Waals surface area contributed by atoms with Crippen LogP contribution in [-0.2, 0) is 16.0 Å². The maximum absolute atomic E-state index is 12.4. The van der Waals surface area contributed by atoms with Crippen molar-refractivity contribution in [2.45, 2.75) is 25.8 Å². The number of imide groups is 1. The number of para-hydroxylation sites is 1. The molecule has 0 aromatic heterocycles.